The molecule has 2 rings (SSSR count). The maximum absolute atomic E-state index is 12.7. The van der Waals surface area contributed by atoms with Crippen LogP contribution in [0.5, 0.6) is 5.75 Å². The number of ketones is 1. The largest absolute Gasteiger partial charge is 0.492 e. The third-order valence-electron chi connectivity index (χ3n) is 4.15. The first kappa shape index (κ1) is 16.5. The summed E-state index contributed by atoms with van der Waals surface area (Å²) in [6.45, 7) is 2.79. The summed E-state index contributed by atoms with van der Waals surface area (Å²) in [4.78, 5) is 12.7. The molecule has 0 aliphatic heterocycles. The van der Waals surface area contributed by atoms with E-state index in [2.05, 4.69) is 22.9 Å². The Balaban J connectivity index is 2.05. The number of carbonyl (C=O) groups excluding carboxylic acids is 1. The standard InChI is InChI=1S/C18H25BrO2/c1-2-12-21-17-11-10-15(13-16(17)19)18(20)14-8-6-4-3-5-7-9-14/h10-11,13-14H,2-9,12H2,1H3. The van der Waals surface area contributed by atoms with Crippen LogP contribution >= 0.6 is 15.9 Å². The van der Waals surface area contributed by atoms with Crippen molar-refractivity contribution in [3.05, 3.63) is 28.2 Å². The van der Waals surface area contributed by atoms with Crippen molar-refractivity contribution < 1.29 is 9.53 Å². The van der Waals surface area contributed by atoms with Gasteiger partial charge >= 0.3 is 0 Å². The summed E-state index contributed by atoms with van der Waals surface area (Å²) in [6, 6.07) is 5.75. The highest BCUT2D eigenvalue weighted by molar-refractivity contribution is 9.10. The zero-order valence-electron chi connectivity index (χ0n) is 12.9. The predicted molar refractivity (Wildman–Crippen MR) is 90.1 cm³/mol. The minimum absolute atomic E-state index is 0.208. The maximum atomic E-state index is 12.7. The van der Waals surface area contributed by atoms with Crippen LogP contribution in [-0.2, 0) is 0 Å². The van der Waals surface area contributed by atoms with Crippen molar-refractivity contribution in [2.24, 2.45) is 5.92 Å². The van der Waals surface area contributed by atoms with Gasteiger partial charge in [0.1, 0.15) is 5.75 Å². The molecule has 1 aromatic rings. The van der Waals surface area contributed by atoms with E-state index in [1.165, 1.54) is 32.1 Å². The Labute approximate surface area is 136 Å². The lowest BCUT2D eigenvalue weighted by molar-refractivity contribution is 0.0898. The number of hydrogen-bond acceptors (Lipinski definition) is 2. The van der Waals surface area contributed by atoms with Crippen molar-refractivity contribution in [2.45, 2.75) is 58.3 Å². The molecule has 1 aliphatic rings. The third kappa shape index (κ3) is 4.84. The summed E-state index contributed by atoms with van der Waals surface area (Å²) in [5.41, 5.74) is 0.816. The number of halogens is 1. The van der Waals surface area contributed by atoms with E-state index in [4.69, 9.17) is 4.74 Å². The van der Waals surface area contributed by atoms with Crippen LogP contribution in [0.4, 0.5) is 0 Å². The van der Waals surface area contributed by atoms with Gasteiger partial charge in [-0.3, -0.25) is 4.79 Å². The van der Waals surface area contributed by atoms with Gasteiger partial charge in [0.05, 0.1) is 11.1 Å². The fourth-order valence-corrected chi connectivity index (χ4v) is 3.43. The molecule has 0 amide bonds. The van der Waals surface area contributed by atoms with Crippen molar-refractivity contribution >= 4 is 21.7 Å². The van der Waals surface area contributed by atoms with Gasteiger partial charge in [0.25, 0.3) is 0 Å². The van der Waals surface area contributed by atoms with Crippen molar-refractivity contribution in [3.63, 3.8) is 0 Å². The average molecular weight is 353 g/mol. The summed E-state index contributed by atoms with van der Waals surface area (Å²) in [5.74, 6) is 1.34. The van der Waals surface area contributed by atoms with Crippen molar-refractivity contribution in [1.29, 1.82) is 0 Å². The monoisotopic (exact) mass is 352 g/mol. The fourth-order valence-electron chi connectivity index (χ4n) is 2.94. The summed E-state index contributed by atoms with van der Waals surface area (Å²) in [7, 11) is 0. The van der Waals surface area contributed by atoms with Crippen LogP contribution in [0.3, 0.4) is 0 Å². The lowest BCUT2D eigenvalue weighted by Gasteiger charge is -2.19. The first-order valence-corrected chi connectivity index (χ1v) is 8.98. The SMILES string of the molecule is CCCOc1ccc(C(=O)C2CCCCCCC2)cc1Br. The van der Waals surface area contributed by atoms with Gasteiger partial charge in [-0.2, -0.15) is 0 Å². The second-order valence-corrected chi connectivity index (χ2v) is 6.75. The molecule has 0 heterocycles. The molecule has 0 radical (unpaired) electrons. The molecule has 0 aromatic heterocycles. The average Bonchev–Trinajstić information content (AvgIpc) is 2.45. The van der Waals surface area contributed by atoms with Gasteiger partial charge in [0, 0.05) is 11.5 Å². The van der Waals surface area contributed by atoms with Crippen molar-refractivity contribution in [3.8, 4) is 5.75 Å². The number of ether oxygens (including phenoxy) is 1. The molecular weight excluding hydrogens is 328 g/mol. The third-order valence-corrected chi connectivity index (χ3v) is 4.77. The summed E-state index contributed by atoms with van der Waals surface area (Å²) >= 11 is 3.52. The van der Waals surface area contributed by atoms with Gasteiger partial charge in [-0.05, 0) is 53.4 Å². The van der Waals surface area contributed by atoms with Crippen LogP contribution in [0, 0.1) is 5.92 Å². The topological polar surface area (TPSA) is 26.3 Å². The van der Waals surface area contributed by atoms with Crippen LogP contribution in [0.2, 0.25) is 0 Å². The first-order chi connectivity index (χ1) is 10.2. The molecule has 0 saturated heterocycles. The molecule has 0 atom stereocenters. The fraction of sp³-hybridized carbons (Fsp3) is 0.611. The normalized spacial score (nSPS) is 17.0. The van der Waals surface area contributed by atoms with Gasteiger partial charge in [0.15, 0.2) is 5.78 Å². The van der Waals surface area contributed by atoms with E-state index in [9.17, 15) is 4.79 Å². The number of benzene rings is 1. The van der Waals surface area contributed by atoms with Gasteiger partial charge in [-0.25, -0.2) is 0 Å². The lowest BCUT2D eigenvalue weighted by Crippen LogP contribution is -2.16. The molecule has 2 nitrogen and oxygen atoms in total. The molecule has 0 unspecified atom stereocenters. The molecule has 1 saturated carbocycles. The molecule has 21 heavy (non-hydrogen) atoms. The van der Waals surface area contributed by atoms with E-state index in [1.54, 1.807) is 0 Å². The smallest absolute Gasteiger partial charge is 0.165 e. The van der Waals surface area contributed by atoms with Crippen LogP contribution in [0.1, 0.15) is 68.6 Å². The van der Waals surface area contributed by atoms with Crippen LogP contribution < -0.4 is 4.74 Å². The Morgan fingerprint density at radius 2 is 1.86 bits per heavy atom. The summed E-state index contributed by atoms with van der Waals surface area (Å²) in [5, 5.41) is 0. The van der Waals surface area contributed by atoms with Crippen LogP contribution in [-0.4, -0.2) is 12.4 Å². The van der Waals surface area contributed by atoms with Crippen LogP contribution in [0.15, 0.2) is 22.7 Å². The molecule has 0 N–H and O–H groups in total. The van der Waals surface area contributed by atoms with Gasteiger partial charge in [-0.1, -0.05) is 39.0 Å². The quantitative estimate of drug-likeness (QED) is 0.627. The minimum Gasteiger partial charge on any atom is -0.492 e. The number of Topliss-reactive ketones (excluding diaryl/α,β-unsaturated/α-hetero) is 1. The van der Waals surface area contributed by atoms with Crippen molar-refractivity contribution in [2.75, 3.05) is 6.61 Å². The van der Waals surface area contributed by atoms with E-state index >= 15 is 0 Å². The summed E-state index contributed by atoms with van der Waals surface area (Å²) in [6.07, 6.45) is 9.33. The molecule has 1 aliphatic carbocycles. The van der Waals surface area contributed by atoms with Gasteiger partial charge in [-0.15, -0.1) is 0 Å². The zero-order valence-corrected chi connectivity index (χ0v) is 14.5. The number of hydrogen-bond donors (Lipinski definition) is 0. The molecule has 0 spiro atoms. The van der Waals surface area contributed by atoms with E-state index in [0.29, 0.717) is 12.4 Å². The van der Waals surface area contributed by atoms with Crippen molar-refractivity contribution in [1.82, 2.24) is 0 Å². The van der Waals surface area contributed by atoms with Crippen LogP contribution in [0.25, 0.3) is 0 Å². The first-order valence-electron chi connectivity index (χ1n) is 8.19. The number of carbonyl (C=O) groups is 1. The molecule has 1 aromatic carbocycles. The zero-order chi connectivity index (χ0) is 15.1. The molecule has 3 heteroatoms. The molecule has 116 valence electrons. The predicted octanol–water partition coefficient (Wildman–Crippen LogP) is 5.78. The van der Waals surface area contributed by atoms with E-state index in [0.717, 1.165) is 35.0 Å². The van der Waals surface area contributed by atoms with E-state index in [-0.39, 0.29) is 5.92 Å². The molecular formula is C18H25BrO2. The Morgan fingerprint density at radius 1 is 1.19 bits per heavy atom. The lowest BCUT2D eigenvalue weighted by atomic mass is 9.86. The highest BCUT2D eigenvalue weighted by Crippen LogP contribution is 2.30. The summed E-state index contributed by atoms with van der Waals surface area (Å²) < 4.78 is 6.53. The van der Waals surface area contributed by atoms with E-state index < -0.39 is 0 Å². The Kier molecular flexibility index (Phi) is 6.75. The number of rotatable bonds is 5. The Morgan fingerprint density at radius 3 is 2.48 bits per heavy atom. The van der Waals surface area contributed by atoms with E-state index in [1.807, 2.05) is 18.2 Å². The maximum Gasteiger partial charge on any atom is 0.165 e. The molecule has 0 bridgehead atoms. The highest BCUT2D eigenvalue weighted by atomic mass is 79.9. The Hall–Kier alpha value is -0.830. The van der Waals surface area contributed by atoms with Gasteiger partial charge < -0.3 is 4.74 Å². The second-order valence-electron chi connectivity index (χ2n) is 5.90. The molecule has 1 fully saturated rings. The highest BCUT2D eigenvalue weighted by Gasteiger charge is 2.21. The minimum atomic E-state index is 0.208. The Bertz CT molecular complexity index is 462. The van der Waals surface area contributed by atoms with Gasteiger partial charge in [0.2, 0.25) is 0 Å². The second kappa shape index (κ2) is 8.57.